The number of carbonyl (C=O) groups is 1. The summed E-state index contributed by atoms with van der Waals surface area (Å²) in [4.78, 5) is 13.5. The molecule has 1 N–H and O–H groups in total. The fraction of sp³-hybridized carbons (Fsp3) is 0.741. The Balaban J connectivity index is 1.22. The molecule has 0 saturated heterocycles. The molecule has 4 saturated carbocycles. The van der Waals surface area contributed by atoms with Crippen molar-refractivity contribution in [1.82, 2.24) is 15.0 Å². The Hall–Kier alpha value is -1.89. The van der Waals surface area contributed by atoms with Gasteiger partial charge in [0.1, 0.15) is 23.5 Å². The van der Waals surface area contributed by atoms with E-state index in [1.165, 1.54) is 16.8 Å². The van der Waals surface area contributed by atoms with Crippen LogP contribution in [0.15, 0.2) is 18.2 Å². The molecule has 4 aliphatic carbocycles. The molecule has 8 atom stereocenters. The van der Waals surface area contributed by atoms with E-state index in [4.69, 9.17) is 0 Å². The zero-order valence-corrected chi connectivity index (χ0v) is 20.1. The van der Waals surface area contributed by atoms with Crippen LogP contribution in [0.25, 0.3) is 11.0 Å². The topological polar surface area (TPSA) is 68.0 Å². The van der Waals surface area contributed by atoms with E-state index in [1.807, 2.05) is 6.92 Å². The molecule has 1 aromatic carbocycles. The summed E-state index contributed by atoms with van der Waals surface area (Å²) in [5.41, 5.74) is -0.902. The minimum atomic E-state index is -1.17. The quantitative estimate of drug-likeness (QED) is 0.664. The molecular formula is C27H35F2N3O2. The van der Waals surface area contributed by atoms with Crippen LogP contribution in [-0.2, 0) is 11.3 Å². The number of aromatic nitrogens is 3. The zero-order valence-electron chi connectivity index (χ0n) is 20.1. The fourth-order valence-corrected chi connectivity index (χ4v) is 8.82. The first-order chi connectivity index (χ1) is 16.1. The second-order valence-corrected chi connectivity index (χ2v) is 12.3. The molecule has 184 valence electrons. The minimum Gasteiger partial charge on any atom is -0.390 e. The molecule has 4 aliphatic rings. The number of rotatable bonds is 3. The van der Waals surface area contributed by atoms with Crippen molar-refractivity contribution < 1.29 is 18.7 Å². The maximum atomic E-state index is 16.5. The van der Waals surface area contributed by atoms with Crippen LogP contribution >= 0.6 is 0 Å². The highest BCUT2D eigenvalue weighted by molar-refractivity contribution is 5.84. The van der Waals surface area contributed by atoms with Crippen LogP contribution < -0.4 is 0 Å². The molecule has 4 fully saturated rings. The van der Waals surface area contributed by atoms with Gasteiger partial charge >= 0.3 is 0 Å². The number of carbonyl (C=O) groups excluding carboxylic acids is 1. The van der Waals surface area contributed by atoms with Crippen LogP contribution in [0.3, 0.4) is 0 Å². The van der Waals surface area contributed by atoms with Crippen molar-refractivity contribution >= 4 is 16.8 Å². The average Bonchev–Trinajstić information content (AvgIpc) is 3.34. The van der Waals surface area contributed by atoms with Crippen LogP contribution in [0.4, 0.5) is 8.78 Å². The van der Waals surface area contributed by atoms with Gasteiger partial charge in [0.2, 0.25) is 0 Å². The first-order valence-corrected chi connectivity index (χ1v) is 13.0. The maximum absolute atomic E-state index is 16.5. The van der Waals surface area contributed by atoms with E-state index in [-0.39, 0.29) is 41.3 Å². The van der Waals surface area contributed by atoms with Gasteiger partial charge < -0.3 is 5.11 Å². The number of ketones is 1. The monoisotopic (exact) mass is 471 g/mol. The van der Waals surface area contributed by atoms with Gasteiger partial charge in [0, 0.05) is 12.0 Å². The Morgan fingerprint density at radius 3 is 2.76 bits per heavy atom. The van der Waals surface area contributed by atoms with Crippen molar-refractivity contribution in [2.75, 3.05) is 0 Å². The molecule has 0 radical (unpaired) electrons. The largest absolute Gasteiger partial charge is 0.390 e. The second-order valence-electron chi connectivity index (χ2n) is 12.3. The van der Waals surface area contributed by atoms with Crippen LogP contribution in [0.1, 0.15) is 71.6 Å². The molecule has 1 unspecified atom stereocenters. The lowest BCUT2D eigenvalue weighted by atomic mass is 9.48. The summed E-state index contributed by atoms with van der Waals surface area (Å²) in [6.07, 6.45) is 6.93. The second kappa shape index (κ2) is 7.55. The third kappa shape index (κ3) is 3.29. The highest BCUT2D eigenvalue weighted by atomic mass is 19.1. The summed E-state index contributed by atoms with van der Waals surface area (Å²) in [5, 5.41) is 18.8. The number of nitrogens with zero attached hydrogens (tertiary/aromatic N) is 3. The zero-order chi connectivity index (χ0) is 23.9. The van der Waals surface area contributed by atoms with Gasteiger partial charge in [0.15, 0.2) is 5.78 Å². The number of hydrogen-bond acceptors (Lipinski definition) is 4. The molecule has 2 aromatic rings. The van der Waals surface area contributed by atoms with Crippen molar-refractivity contribution in [1.29, 1.82) is 0 Å². The third-order valence-corrected chi connectivity index (χ3v) is 10.5. The number of aliphatic hydroxyl groups is 1. The Labute approximate surface area is 199 Å². The molecule has 0 aliphatic heterocycles. The lowest BCUT2D eigenvalue weighted by molar-refractivity contribution is -0.165. The minimum absolute atomic E-state index is 0.0401. The van der Waals surface area contributed by atoms with Crippen LogP contribution in [0, 0.1) is 40.8 Å². The fourth-order valence-electron chi connectivity index (χ4n) is 8.82. The van der Waals surface area contributed by atoms with Gasteiger partial charge in [-0.1, -0.05) is 12.1 Å². The standard InChI is InChI=1S/C27H35F2N3O2/c1-25(34)11-12-27(29)16(14-25)3-5-18-19-6-7-21(26(19,2)10-9-20(18)27)24(33)15-32-23-13-17(28)4-8-22(23)30-31-32/h4,8,13,16,18-21,34H,3,5-7,9-12,14-15H2,1-2H3/t16-,18?,19+,20+,21-,25-,26+,27-/m1/s1. The van der Waals surface area contributed by atoms with Gasteiger partial charge in [-0.25, -0.2) is 13.5 Å². The lowest BCUT2D eigenvalue weighted by Crippen LogP contribution is -2.58. The summed E-state index contributed by atoms with van der Waals surface area (Å²) in [5.74, 6) is 0.389. The normalized spacial score (nSPS) is 43.9. The van der Waals surface area contributed by atoms with Crippen LogP contribution in [-0.4, -0.2) is 37.2 Å². The van der Waals surface area contributed by atoms with Gasteiger partial charge in [0.05, 0.1) is 11.1 Å². The molecular weight excluding hydrogens is 436 g/mol. The predicted molar refractivity (Wildman–Crippen MR) is 124 cm³/mol. The van der Waals surface area contributed by atoms with Crippen molar-refractivity contribution in [2.45, 2.75) is 89.4 Å². The lowest BCUT2D eigenvalue weighted by Gasteiger charge is -2.59. The molecule has 7 heteroatoms. The van der Waals surface area contributed by atoms with Gasteiger partial charge in [-0.2, -0.15) is 0 Å². The van der Waals surface area contributed by atoms with Gasteiger partial charge in [-0.15, -0.1) is 5.10 Å². The smallest absolute Gasteiger partial charge is 0.157 e. The van der Waals surface area contributed by atoms with Crippen molar-refractivity contribution in [3.8, 4) is 0 Å². The summed E-state index contributed by atoms with van der Waals surface area (Å²) in [6, 6.07) is 4.32. The van der Waals surface area contributed by atoms with Crippen molar-refractivity contribution in [3.63, 3.8) is 0 Å². The molecule has 1 aromatic heterocycles. The highest BCUT2D eigenvalue weighted by Gasteiger charge is 2.63. The predicted octanol–water partition coefficient (Wildman–Crippen LogP) is 5.25. The van der Waals surface area contributed by atoms with E-state index in [1.54, 1.807) is 6.07 Å². The van der Waals surface area contributed by atoms with Gasteiger partial charge in [-0.05, 0) is 106 Å². The van der Waals surface area contributed by atoms with E-state index < -0.39 is 11.3 Å². The van der Waals surface area contributed by atoms with E-state index in [0.717, 1.165) is 38.5 Å². The maximum Gasteiger partial charge on any atom is 0.157 e. The van der Waals surface area contributed by atoms with Crippen molar-refractivity contribution in [3.05, 3.63) is 24.0 Å². The molecule has 34 heavy (non-hydrogen) atoms. The van der Waals surface area contributed by atoms with Gasteiger partial charge in [0.25, 0.3) is 0 Å². The first kappa shape index (κ1) is 22.6. The van der Waals surface area contributed by atoms with E-state index >= 15 is 4.39 Å². The third-order valence-electron chi connectivity index (χ3n) is 10.5. The molecule has 0 bridgehead atoms. The van der Waals surface area contributed by atoms with Crippen molar-refractivity contribution in [2.24, 2.45) is 35.0 Å². The number of hydrogen-bond donors (Lipinski definition) is 1. The first-order valence-electron chi connectivity index (χ1n) is 13.0. The molecule has 6 rings (SSSR count). The number of benzene rings is 1. The Morgan fingerprint density at radius 1 is 1.12 bits per heavy atom. The van der Waals surface area contributed by atoms with Crippen LogP contribution in [0.2, 0.25) is 0 Å². The summed E-state index contributed by atoms with van der Waals surface area (Å²) >= 11 is 0. The number of alkyl halides is 1. The Morgan fingerprint density at radius 2 is 1.94 bits per heavy atom. The molecule has 5 nitrogen and oxygen atoms in total. The molecule has 0 spiro atoms. The molecule has 0 amide bonds. The average molecular weight is 472 g/mol. The number of halogens is 2. The Bertz CT molecular complexity index is 1130. The Kier molecular flexibility index (Phi) is 5.01. The van der Waals surface area contributed by atoms with Crippen LogP contribution in [0.5, 0.6) is 0 Å². The number of fused-ring (bicyclic) bond motifs is 6. The van der Waals surface area contributed by atoms with E-state index in [9.17, 15) is 14.3 Å². The van der Waals surface area contributed by atoms with Gasteiger partial charge in [-0.3, -0.25) is 4.79 Å². The summed E-state index contributed by atoms with van der Waals surface area (Å²) in [7, 11) is 0. The summed E-state index contributed by atoms with van der Waals surface area (Å²) in [6.45, 7) is 4.22. The van der Waals surface area contributed by atoms with E-state index in [0.29, 0.717) is 42.1 Å². The SMILES string of the molecule is C[C@@]1(O)CC[C@@]2(F)[C@H](CCC3[C@@H]4CC[C@H](C(=O)Cn5nnc6ccc(F)cc65)[C@@]4(C)CC[C@@H]32)C1. The number of Topliss-reactive ketones (excluding diaryl/α,β-unsaturated/α-hetero) is 1. The van der Waals surface area contributed by atoms with E-state index in [2.05, 4.69) is 17.2 Å². The molecule has 1 heterocycles. The highest BCUT2D eigenvalue weighted by Crippen LogP contribution is 2.66. The summed E-state index contributed by atoms with van der Waals surface area (Å²) < 4.78 is 31.8.